The molecule has 0 aliphatic rings. The summed E-state index contributed by atoms with van der Waals surface area (Å²) in [6.45, 7) is 5.03. The van der Waals surface area contributed by atoms with Gasteiger partial charge in [0.15, 0.2) is 0 Å². The number of hydrogen-bond donors (Lipinski definition) is 1. The van der Waals surface area contributed by atoms with Crippen LogP contribution in [0.2, 0.25) is 0 Å². The first-order chi connectivity index (χ1) is 13.5. The van der Waals surface area contributed by atoms with Gasteiger partial charge >= 0.3 is 11.3 Å². The number of imidazole rings is 1. The Hall–Kier alpha value is -3.68. The zero-order valence-electron chi connectivity index (χ0n) is 15.4. The molecule has 0 saturated carbocycles. The van der Waals surface area contributed by atoms with Crippen molar-refractivity contribution in [2.75, 3.05) is 18.0 Å². The highest BCUT2D eigenvalue weighted by Gasteiger charge is 2.25. The molecule has 8 heteroatoms. The van der Waals surface area contributed by atoms with Gasteiger partial charge in [0.05, 0.1) is 16.0 Å². The van der Waals surface area contributed by atoms with Gasteiger partial charge in [-0.1, -0.05) is 12.1 Å². The molecule has 0 atom stereocenters. The lowest BCUT2D eigenvalue weighted by atomic mass is 10.1. The largest absolute Gasteiger partial charge is 0.415 e. The second-order valence-electron chi connectivity index (χ2n) is 6.33. The number of para-hydroxylation sites is 2. The minimum Gasteiger partial charge on any atom is -0.415 e. The van der Waals surface area contributed by atoms with Crippen LogP contribution in [-0.4, -0.2) is 28.0 Å². The number of benzene rings is 2. The number of aromatic amines is 1. The second-order valence-corrected chi connectivity index (χ2v) is 6.33. The van der Waals surface area contributed by atoms with E-state index in [1.807, 2.05) is 43.0 Å². The normalized spacial score (nSPS) is 11.2. The number of H-pyrrole nitrogens is 1. The molecule has 28 heavy (non-hydrogen) atoms. The van der Waals surface area contributed by atoms with Gasteiger partial charge < -0.3 is 14.3 Å². The Morgan fingerprint density at radius 2 is 1.93 bits per heavy atom. The zero-order valence-corrected chi connectivity index (χ0v) is 15.4. The maximum absolute atomic E-state index is 12.6. The van der Waals surface area contributed by atoms with Crippen LogP contribution in [-0.2, 0) is 0 Å². The van der Waals surface area contributed by atoms with Crippen LogP contribution in [0.4, 0.5) is 11.4 Å². The molecule has 0 aliphatic carbocycles. The molecule has 0 saturated heterocycles. The molecule has 8 nitrogen and oxygen atoms in total. The van der Waals surface area contributed by atoms with Gasteiger partial charge in [0.25, 0.3) is 0 Å². The van der Waals surface area contributed by atoms with Gasteiger partial charge in [-0.3, -0.25) is 10.1 Å². The van der Waals surface area contributed by atoms with Crippen LogP contribution in [0.1, 0.15) is 13.8 Å². The van der Waals surface area contributed by atoms with Crippen molar-refractivity contribution >= 4 is 33.4 Å². The van der Waals surface area contributed by atoms with Crippen LogP contribution in [0.5, 0.6) is 0 Å². The van der Waals surface area contributed by atoms with Crippen LogP contribution in [0.25, 0.3) is 33.4 Å². The number of aromatic nitrogens is 2. The van der Waals surface area contributed by atoms with Crippen molar-refractivity contribution in [1.82, 2.24) is 9.97 Å². The highest BCUT2D eigenvalue weighted by molar-refractivity contribution is 5.94. The standard InChI is InChI=1S/C20H18N4O4/c1-3-23(4-2)16-10-9-12-11-13(20(25)28-18(12)17(16)24(26)27)19-21-14-7-5-6-8-15(14)22-19/h5-11H,3-4H2,1-2H3,(H,21,22). The average molecular weight is 378 g/mol. The van der Waals surface area contributed by atoms with Gasteiger partial charge in [0.2, 0.25) is 5.58 Å². The first kappa shape index (κ1) is 17.7. The molecule has 142 valence electrons. The zero-order chi connectivity index (χ0) is 19.8. The van der Waals surface area contributed by atoms with Crippen molar-refractivity contribution < 1.29 is 9.34 Å². The summed E-state index contributed by atoms with van der Waals surface area (Å²) in [6.07, 6.45) is 0. The van der Waals surface area contributed by atoms with Crippen molar-refractivity contribution in [2.24, 2.45) is 0 Å². The molecule has 2 aromatic heterocycles. The smallest absolute Gasteiger partial charge is 0.347 e. The molecule has 0 bridgehead atoms. The van der Waals surface area contributed by atoms with Crippen molar-refractivity contribution in [1.29, 1.82) is 0 Å². The van der Waals surface area contributed by atoms with Gasteiger partial charge in [-0.05, 0) is 44.2 Å². The highest BCUT2D eigenvalue weighted by Crippen LogP contribution is 2.36. The maximum Gasteiger partial charge on any atom is 0.347 e. The summed E-state index contributed by atoms with van der Waals surface area (Å²) in [5.74, 6) is 0.368. The number of nitro benzene ring substituents is 1. The van der Waals surface area contributed by atoms with E-state index in [1.54, 1.807) is 18.2 Å². The van der Waals surface area contributed by atoms with E-state index in [9.17, 15) is 14.9 Å². The lowest BCUT2D eigenvalue weighted by Gasteiger charge is -2.20. The van der Waals surface area contributed by atoms with E-state index in [-0.39, 0.29) is 16.8 Å². The lowest BCUT2D eigenvalue weighted by Crippen LogP contribution is -2.23. The fourth-order valence-electron chi connectivity index (χ4n) is 3.40. The number of anilines is 1. The molecule has 2 heterocycles. The fraction of sp³-hybridized carbons (Fsp3) is 0.200. The lowest BCUT2D eigenvalue weighted by molar-refractivity contribution is -0.382. The molecule has 1 N–H and O–H groups in total. The first-order valence-corrected chi connectivity index (χ1v) is 8.98. The van der Waals surface area contributed by atoms with Crippen LogP contribution in [0.3, 0.4) is 0 Å². The predicted octanol–water partition coefficient (Wildman–Crippen LogP) is 4.09. The fourth-order valence-corrected chi connectivity index (χ4v) is 3.40. The monoisotopic (exact) mass is 378 g/mol. The Morgan fingerprint density at radius 1 is 1.18 bits per heavy atom. The van der Waals surface area contributed by atoms with Crippen LogP contribution in [0, 0.1) is 10.1 Å². The van der Waals surface area contributed by atoms with E-state index in [4.69, 9.17) is 4.42 Å². The highest BCUT2D eigenvalue weighted by atomic mass is 16.6. The molecule has 0 aliphatic heterocycles. The van der Waals surface area contributed by atoms with E-state index in [2.05, 4.69) is 9.97 Å². The quantitative estimate of drug-likeness (QED) is 0.318. The van der Waals surface area contributed by atoms with E-state index in [0.717, 1.165) is 11.0 Å². The van der Waals surface area contributed by atoms with E-state index in [0.29, 0.717) is 30.0 Å². The topological polar surface area (TPSA) is 105 Å². The van der Waals surface area contributed by atoms with Crippen molar-refractivity contribution in [3.05, 3.63) is 63.0 Å². The number of nitrogens with one attached hydrogen (secondary N) is 1. The summed E-state index contributed by atoms with van der Waals surface area (Å²) in [4.78, 5) is 33.3. The Labute approximate surface area is 159 Å². The van der Waals surface area contributed by atoms with Crippen LogP contribution in [0.15, 0.2) is 51.7 Å². The SMILES string of the molecule is CCN(CC)c1ccc2cc(-c3nc4ccccc4[nH]3)c(=O)oc2c1[N+](=O)[O-]. The molecule has 0 amide bonds. The summed E-state index contributed by atoms with van der Waals surface area (Å²) in [5, 5.41) is 12.2. The molecule has 0 unspecified atom stereocenters. The number of fused-ring (bicyclic) bond motifs is 2. The number of nitrogens with zero attached hydrogens (tertiary/aromatic N) is 3. The number of hydrogen-bond acceptors (Lipinski definition) is 6. The van der Waals surface area contributed by atoms with E-state index in [1.165, 1.54) is 0 Å². The van der Waals surface area contributed by atoms with Crippen molar-refractivity contribution in [2.45, 2.75) is 13.8 Å². The summed E-state index contributed by atoms with van der Waals surface area (Å²) in [5.41, 5.74) is 1.27. The summed E-state index contributed by atoms with van der Waals surface area (Å²) >= 11 is 0. The Kier molecular flexibility index (Phi) is 4.31. The molecular weight excluding hydrogens is 360 g/mol. The predicted molar refractivity (Wildman–Crippen MR) is 108 cm³/mol. The maximum atomic E-state index is 12.6. The van der Waals surface area contributed by atoms with Gasteiger partial charge in [0, 0.05) is 18.5 Å². The van der Waals surface area contributed by atoms with Gasteiger partial charge in [-0.25, -0.2) is 9.78 Å². The van der Waals surface area contributed by atoms with Crippen molar-refractivity contribution in [3.8, 4) is 11.4 Å². The summed E-state index contributed by atoms with van der Waals surface area (Å²) < 4.78 is 5.43. The molecule has 0 radical (unpaired) electrons. The van der Waals surface area contributed by atoms with E-state index < -0.39 is 10.5 Å². The third kappa shape index (κ3) is 2.79. The van der Waals surface area contributed by atoms with Crippen molar-refractivity contribution in [3.63, 3.8) is 0 Å². The first-order valence-electron chi connectivity index (χ1n) is 8.98. The van der Waals surface area contributed by atoms with Gasteiger partial charge in [-0.15, -0.1) is 0 Å². The second kappa shape index (κ2) is 6.80. The Balaban J connectivity index is 1.95. The minimum atomic E-state index is -0.675. The molecule has 4 rings (SSSR count). The number of nitro groups is 1. The average Bonchev–Trinajstić information content (AvgIpc) is 3.11. The molecule has 0 fully saturated rings. The van der Waals surface area contributed by atoms with Gasteiger partial charge in [-0.2, -0.15) is 0 Å². The third-order valence-electron chi connectivity index (χ3n) is 4.79. The van der Waals surface area contributed by atoms with Crippen LogP contribution < -0.4 is 10.5 Å². The third-order valence-corrected chi connectivity index (χ3v) is 4.79. The summed E-state index contributed by atoms with van der Waals surface area (Å²) in [7, 11) is 0. The minimum absolute atomic E-state index is 0.0285. The molecule has 0 spiro atoms. The number of rotatable bonds is 5. The molecule has 4 aromatic rings. The van der Waals surface area contributed by atoms with Gasteiger partial charge in [0.1, 0.15) is 17.1 Å². The Morgan fingerprint density at radius 3 is 2.61 bits per heavy atom. The van der Waals surface area contributed by atoms with Crippen LogP contribution >= 0.6 is 0 Å². The molecule has 2 aromatic carbocycles. The van der Waals surface area contributed by atoms with E-state index >= 15 is 0 Å². The molecular formula is C20H18N4O4. The Bertz CT molecular complexity index is 1220. The summed E-state index contributed by atoms with van der Waals surface area (Å²) in [6, 6.07) is 12.4.